The number of rotatable bonds is 4. The van der Waals surface area contributed by atoms with Crippen LogP contribution in [0.5, 0.6) is 0 Å². The lowest BCUT2D eigenvalue weighted by Crippen LogP contribution is -2.49. The van der Waals surface area contributed by atoms with Gasteiger partial charge in [-0.15, -0.1) is 0 Å². The lowest BCUT2D eigenvalue weighted by molar-refractivity contribution is -0.384. The van der Waals surface area contributed by atoms with Gasteiger partial charge in [-0.3, -0.25) is 14.9 Å². The summed E-state index contributed by atoms with van der Waals surface area (Å²) >= 11 is 0. The van der Waals surface area contributed by atoms with Crippen LogP contribution in [0.2, 0.25) is 0 Å². The fourth-order valence-corrected chi connectivity index (χ4v) is 3.60. The highest BCUT2D eigenvalue weighted by Gasteiger charge is 2.23. The average Bonchev–Trinajstić information content (AvgIpc) is 3.10. The average molecular weight is 379 g/mol. The molecule has 0 saturated carbocycles. The zero-order chi connectivity index (χ0) is 19.7. The minimum absolute atomic E-state index is 0.0834. The van der Waals surface area contributed by atoms with Crippen LogP contribution in [0.15, 0.2) is 53.1 Å². The summed E-state index contributed by atoms with van der Waals surface area (Å²) in [6.07, 6.45) is 2.00. The monoisotopic (exact) mass is 379 g/mol. The zero-order valence-electron chi connectivity index (χ0n) is 15.6. The predicted octanol–water partition coefficient (Wildman–Crippen LogP) is 3.54. The molecule has 2 heterocycles. The first-order valence-electron chi connectivity index (χ1n) is 9.25. The number of hydrogen-bond acceptors (Lipinski definition) is 5. The second-order valence-electron chi connectivity index (χ2n) is 7.08. The number of nitrogens with zero attached hydrogens (tertiary/aromatic N) is 3. The van der Waals surface area contributed by atoms with Crippen LogP contribution in [0.4, 0.5) is 11.4 Å². The highest BCUT2D eigenvalue weighted by molar-refractivity contribution is 5.88. The van der Waals surface area contributed by atoms with Crippen molar-refractivity contribution < 1.29 is 14.1 Å². The second-order valence-corrected chi connectivity index (χ2v) is 7.08. The molecule has 1 amide bonds. The Morgan fingerprint density at radius 3 is 2.50 bits per heavy atom. The van der Waals surface area contributed by atoms with Gasteiger partial charge in [0.25, 0.3) is 5.69 Å². The molecular formula is C21H21N3O4. The minimum Gasteiger partial charge on any atom is -0.464 e. The zero-order valence-corrected chi connectivity index (χ0v) is 15.6. The van der Waals surface area contributed by atoms with Crippen LogP contribution in [0.1, 0.15) is 11.1 Å². The van der Waals surface area contributed by atoms with Gasteiger partial charge in [0.2, 0.25) is 5.91 Å². The van der Waals surface area contributed by atoms with Crippen molar-refractivity contribution in [3.8, 4) is 0 Å². The molecule has 2 aromatic carbocycles. The van der Waals surface area contributed by atoms with Gasteiger partial charge in [0.15, 0.2) is 0 Å². The molecule has 1 aliphatic heterocycles. The summed E-state index contributed by atoms with van der Waals surface area (Å²) in [6.45, 7) is 4.68. The number of nitro groups is 1. The van der Waals surface area contributed by atoms with Gasteiger partial charge >= 0.3 is 0 Å². The number of carbonyl (C=O) groups excluding carboxylic acids is 1. The normalized spacial score (nSPS) is 14.5. The first-order valence-corrected chi connectivity index (χ1v) is 9.25. The van der Waals surface area contributed by atoms with E-state index in [1.54, 1.807) is 18.4 Å². The standard InChI is InChI=1S/C21H21N3O4/c1-15-2-7-19-16(14-28-20(19)12-15)13-21(25)23-10-8-22(9-11-23)17-3-5-18(6-4-17)24(26)27/h2-7,12,14H,8-11,13H2,1H3. The van der Waals surface area contributed by atoms with Crippen molar-refractivity contribution >= 4 is 28.3 Å². The third-order valence-corrected chi connectivity index (χ3v) is 5.21. The fourth-order valence-electron chi connectivity index (χ4n) is 3.60. The highest BCUT2D eigenvalue weighted by atomic mass is 16.6. The molecule has 0 aliphatic carbocycles. The summed E-state index contributed by atoms with van der Waals surface area (Å²) in [5.74, 6) is 0.0895. The van der Waals surface area contributed by atoms with E-state index >= 15 is 0 Å². The maximum Gasteiger partial charge on any atom is 0.269 e. The molecule has 0 bridgehead atoms. The van der Waals surface area contributed by atoms with Gasteiger partial charge in [0.05, 0.1) is 17.6 Å². The van der Waals surface area contributed by atoms with E-state index in [1.165, 1.54) is 12.1 Å². The summed E-state index contributed by atoms with van der Waals surface area (Å²) < 4.78 is 5.59. The third kappa shape index (κ3) is 3.55. The number of benzene rings is 2. The van der Waals surface area contributed by atoms with Crippen LogP contribution >= 0.6 is 0 Å². The van der Waals surface area contributed by atoms with E-state index in [9.17, 15) is 14.9 Å². The molecule has 7 heteroatoms. The largest absolute Gasteiger partial charge is 0.464 e. The van der Waals surface area contributed by atoms with Crippen molar-refractivity contribution in [1.82, 2.24) is 4.90 Å². The fraction of sp³-hybridized carbons (Fsp3) is 0.286. The first kappa shape index (κ1) is 18.0. The Balaban J connectivity index is 1.37. The van der Waals surface area contributed by atoms with Crippen LogP contribution in [-0.2, 0) is 11.2 Å². The molecule has 0 spiro atoms. The van der Waals surface area contributed by atoms with Crippen LogP contribution in [-0.4, -0.2) is 41.9 Å². The molecule has 7 nitrogen and oxygen atoms in total. The maximum absolute atomic E-state index is 12.7. The van der Waals surface area contributed by atoms with Crippen LogP contribution in [0.3, 0.4) is 0 Å². The lowest BCUT2D eigenvalue weighted by Gasteiger charge is -2.36. The minimum atomic E-state index is -0.402. The molecule has 0 N–H and O–H groups in total. The molecule has 0 radical (unpaired) electrons. The van der Waals surface area contributed by atoms with Crippen LogP contribution < -0.4 is 4.90 Å². The number of hydrogen-bond donors (Lipinski definition) is 0. The van der Waals surface area contributed by atoms with E-state index in [2.05, 4.69) is 4.90 Å². The van der Waals surface area contributed by atoms with Crippen LogP contribution in [0.25, 0.3) is 11.0 Å². The molecule has 3 aromatic rings. The number of furan rings is 1. The van der Waals surface area contributed by atoms with Gasteiger partial charge in [-0.25, -0.2) is 0 Å². The molecule has 28 heavy (non-hydrogen) atoms. The van der Waals surface area contributed by atoms with E-state index in [-0.39, 0.29) is 11.6 Å². The van der Waals surface area contributed by atoms with E-state index < -0.39 is 4.92 Å². The second kappa shape index (κ2) is 7.34. The Bertz CT molecular complexity index is 1020. The van der Waals surface area contributed by atoms with Gasteiger partial charge in [-0.05, 0) is 30.7 Å². The Labute approximate surface area is 162 Å². The van der Waals surface area contributed by atoms with Gasteiger partial charge < -0.3 is 14.2 Å². The molecule has 0 unspecified atom stereocenters. The van der Waals surface area contributed by atoms with Crippen molar-refractivity contribution in [2.45, 2.75) is 13.3 Å². The number of amides is 1. The number of carbonyl (C=O) groups is 1. The van der Waals surface area contributed by atoms with Crippen molar-refractivity contribution in [1.29, 1.82) is 0 Å². The number of piperazine rings is 1. The molecule has 1 fully saturated rings. The quantitative estimate of drug-likeness (QED) is 0.512. The van der Waals surface area contributed by atoms with Crippen molar-refractivity contribution in [2.75, 3.05) is 31.1 Å². The smallest absolute Gasteiger partial charge is 0.269 e. The molecular weight excluding hydrogens is 358 g/mol. The summed E-state index contributed by atoms with van der Waals surface area (Å²) in [5.41, 5.74) is 3.87. The van der Waals surface area contributed by atoms with E-state index in [4.69, 9.17) is 4.42 Å². The van der Waals surface area contributed by atoms with Gasteiger partial charge in [0, 0.05) is 54.9 Å². The van der Waals surface area contributed by atoms with Crippen molar-refractivity contribution in [3.05, 3.63) is 70.0 Å². The summed E-state index contributed by atoms with van der Waals surface area (Å²) in [7, 11) is 0. The van der Waals surface area contributed by atoms with Crippen LogP contribution in [0, 0.1) is 17.0 Å². The molecule has 1 aliphatic rings. The molecule has 144 valence electrons. The number of nitro benzene ring substituents is 1. The number of anilines is 1. The Morgan fingerprint density at radius 2 is 1.82 bits per heavy atom. The first-order chi connectivity index (χ1) is 13.5. The number of fused-ring (bicyclic) bond motifs is 1. The van der Waals surface area contributed by atoms with Gasteiger partial charge in [-0.1, -0.05) is 12.1 Å². The predicted molar refractivity (Wildman–Crippen MR) is 107 cm³/mol. The number of non-ortho nitro benzene ring substituents is 1. The molecule has 0 atom stereocenters. The molecule has 1 saturated heterocycles. The summed E-state index contributed by atoms with van der Waals surface area (Å²) in [4.78, 5) is 27.1. The molecule has 4 rings (SSSR count). The maximum atomic E-state index is 12.7. The third-order valence-electron chi connectivity index (χ3n) is 5.21. The van der Waals surface area contributed by atoms with Crippen molar-refractivity contribution in [2.24, 2.45) is 0 Å². The highest BCUT2D eigenvalue weighted by Crippen LogP contribution is 2.24. The Kier molecular flexibility index (Phi) is 4.73. The Hall–Kier alpha value is -3.35. The van der Waals surface area contributed by atoms with E-state index in [1.807, 2.05) is 30.0 Å². The molecule has 1 aromatic heterocycles. The summed E-state index contributed by atoms with van der Waals surface area (Å²) in [5, 5.41) is 11.8. The Morgan fingerprint density at radius 1 is 1.11 bits per heavy atom. The number of aryl methyl sites for hydroxylation is 1. The SMILES string of the molecule is Cc1ccc2c(CC(=O)N3CCN(c4ccc([N+](=O)[O-])cc4)CC3)coc2c1. The van der Waals surface area contributed by atoms with E-state index in [0.717, 1.165) is 27.8 Å². The summed E-state index contributed by atoms with van der Waals surface area (Å²) in [6, 6.07) is 12.5. The van der Waals surface area contributed by atoms with E-state index in [0.29, 0.717) is 32.6 Å². The van der Waals surface area contributed by atoms with Gasteiger partial charge in [-0.2, -0.15) is 0 Å². The lowest BCUT2D eigenvalue weighted by atomic mass is 10.1. The topological polar surface area (TPSA) is 79.8 Å². The van der Waals surface area contributed by atoms with Gasteiger partial charge in [0.1, 0.15) is 5.58 Å². The van der Waals surface area contributed by atoms with Crippen molar-refractivity contribution in [3.63, 3.8) is 0 Å².